The molecule has 3 N–H and O–H groups in total. The zero-order valence-corrected chi connectivity index (χ0v) is 17.4. The number of carbonyl (C=O) groups is 2. The van der Waals surface area contributed by atoms with Gasteiger partial charge in [0.15, 0.2) is 5.78 Å². The molecule has 0 spiro atoms. The predicted octanol–water partition coefficient (Wildman–Crippen LogP) is 5.08. The number of hydrogen-bond acceptors (Lipinski definition) is 3. The summed E-state index contributed by atoms with van der Waals surface area (Å²) >= 11 is 0. The second-order valence-corrected chi connectivity index (χ2v) is 7.78. The molecule has 0 bridgehead atoms. The second kappa shape index (κ2) is 8.40. The molecule has 0 fully saturated rings. The van der Waals surface area contributed by atoms with Crippen molar-refractivity contribution < 1.29 is 9.59 Å². The molecule has 5 heteroatoms. The van der Waals surface area contributed by atoms with Crippen molar-refractivity contribution in [2.75, 3.05) is 0 Å². The summed E-state index contributed by atoms with van der Waals surface area (Å²) in [6.45, 7) is 4.26. The molecule has 0 saturated heterocycles. The SMILES string of the molecule is CC(C)c1ccc(C(=O)c2ccc(-c3cnc4[nH]cc(/C=C/C(N)=O)c4c3)cc2)cc1. The molecule has 2 aromatic carbocycles. The highest BCUT2D eigenvalue weighted by Gasteiger charge is 2.11. The van der Waals surface area contributed by atoms with Gasteiger partial charge in [0.2, 0.25) is 5.91 Å². The van der Waals surface area contributed by atoms with E-state index >= 15 is 0 Å². The summed E-state index contributed by atoms with van der Waals surface area (Å²) in [5.74, 6) is -0.0706. The van der Waals surface area contributed by atoms with Gasteiger partial charge in [-0.2, -0.15) is 0 Å². The molecule has 4 aromatic rings. The maximum Gasteiger partial charge on any atom is 0.241 e. The fraction of sp³-hybridized carbons (Fsp3) is 0.115. The number of benzene rings is 2. The van der Waals surface area contributed by atoms with Gasteiger partial charge in [-0.15, -0.1) is 0 Å². The zero-order valence-electron chi connectivity index (χ0n) is 17.4. The third kappa shape index (κ3) is 4.31. The van der Waals surface area contributed by atoms with Crippen molar-refractivity contribution in [3.8, 4) is 11.1 Å². The molecule has 2 heterocycles. The Hall–Kier alpha value is -3.99. The van der Waals surface area contributed by atoms with Gasteiger partial charge in [0.25, 0.3) is 0 Å². The third-order valence-electron chi connectivity index (χ3n) is 5.31. The maximum atomic E-state index is 12.8. The van der Waals surface area contributed by atoms with Gasteiger partial charge < -0.3 is 10.7 Å². The first-order valence-corrected chi connectivity index (χ1v) is 10.1. The number of amides is 1. The van der Waals surface area contributed by atoms with Gasteiger partial charge >= 0.3 is 0 Å². The van der Waals surface area contributed by atoms with Crippen molar-refractivity contribution >= 4 is 28.8 Å². The molecule has 5 nitrogen and oxygen atoms in total. The van der Waals surface area contributed by atoms with E-state index in [0.29, 0.717) is 17.0 Å². The highest BCUT2D eigenvalue weighted by atomic mass is 16.1. The first-order valence-electron chi connectivity index (χ1n) is 10.1. The number of nitrogens with zero attached hydrogens (tertiary/aromatic N) is 1. The highest BCUT2D eigenvalue weighted by Crippen LogP contribution is 2.26. The fourth-order valence-electron chi connectivity index (χ4n) is 3.49. The van der Waals surface area contributed by atoms with Gasteiger partial charge in [-0.25, -0.2) is 4.98 Å². The minimum absolute atomic E-state index is 0.0000528. The van der Waals surface area contributed by atoms with Gasteiger partial charge in [-0.1, -0.05) is 62.4 Å². The monoisotopic (exact) mass is 409 g/mol. The van der Waals surface area contributed by atoms with E-state index in [0.717, 1.165) is 27.7 Å². The van der Waals surface area contributed by atoms with Crippen molar-refractivity contribution in [3.05, 3.63) is 95.3 Å². The highest BCUT2D eigenvalue weighted by molar-refractivity contribution is 6.09. The van der Waals surface area contributed by atoms with E-state index in [1.165, 1.54) is 11.6 Å². The number of primary amides is 1. The summed E-state index contributed by atoms with van der Waals surface area (Å²) in [5.41, 5.74) is 11.2. The summed E-state index contributed by atoms with van der Waals surface area (Å²) in [4.78, 5) is 31.4. The van der Waals surface area contributed by atoms with Crippen LogP contribution in [-0.4, -0.2) is 21.7 Å². The predicted molar refractivity (Wildman–Crippen MR) is 124 cm³/mol. The van der Waals surface area contributed by atoms with E-state index in [1.54, 1.807) is 18.5 Å². The molecule has 0 unspecified atom stereocenters. The number of nitrogens with two attached hydrogens (primary N) is 1. The van der Waals surface area contributed by atoms with E-state index in [4.69, 9.17) is 5.73 Å². The first-order chi connectivity index (χ1) is 14.9. The Labute approximate surface area is 180 Å². The summed E-state index contributed by atoms with van der Waals surface area (Å²) in [7, 11) is 0. The van der Waals surface area contributed by atoms with Crippen LogP contribution in [0.4, 0.5) is 0 Å². The van der Waals surface area contributed by atoms with Crippen LogP contribution < -0.4 is 5.73 Å². The maximum absolute atomic E-state index is 12.8. The minimum atomic E-state index is -0.502. The van der Waals surface area contributed by atoms with E-state index in [1.807, 2.05) is 54.6 Å². The lowest BCUT2D eigenvalue weighted by atomic mass is 9.97. The number of hydrogen-bond donors (Lipinski definition) is 2. The fourth-order valence-corrected chi connectivity index (χ4v) is 3.49. The van der Waals surface area contributed by atoms with Crippen LogP contribution in [0.3, 0.4) is 0 Å². The minimum Gasteiger partial charge on any atom is -0.366 e. The van der Waals surface area contributed by atoms with Gasteiger partial charge in [0, 0.05) is 46.1 Å². The molecule has 1 amide bonds. The second-order valence-electron chi connectivity index (χ2n) is 7.78. The standard InChI is InChI=1S/C26H23N3O2/c1-16(2)17-3-7-19(8-4-17)25(31)20-9-5-18(6-10-20)22-13-23-21(11-12-24(27)30)14-28-26(23)29-15-22/h3-16H,1-2H3,(H2,27,30)(H,28,29)/b12-11+. The lowest BCUT2D eigenvalue weighted by Crippen LogP contribution is -2.04. The molecule has 0 aliphatic heterocycles. The number of aromatic amines is 1. The van der Waals surface area contributed by atoms with Crippen molar-refractivity contribution in [1.29, 1.82) is 0 Å². The van der Waals surface area contributed by atoms with E-state index < -0.39 is 5.91 Å². The molecule has 0 saturated carbocycles. The number of ketones is 1. The van der Waals surface area contributed by atoms with Crippen LogP contribution in [-0.2, 0) is 4.79 Å². The van der Waals surface area contributed by atoms with Crippen LogP contribution in [0.1, 0.15) is 46.8 Å². The Morgan fingerprint density at radius 2 is 1.61 bits per heavy atom. The van der Waals surface area contributed by atoms with Crippen LogP contribution >= 0.6 is 0 Å². The van der Waals surface area contributed by atoms with Gasteiger partial charge in [0.05, 0.1) is 0 Å². The number of carbonyl (C=O) groups excluding carboxylic acids is 2. The van der Waals surface area contributed by atoms with E-state index in [9.17, 15) is 9.59 Å². The van der Waals surface area contributed by atoms with Gasteiger partial charge in [-0.3, -0.25) is 9.59 Å². The van der Waals surface area contributed by atoms with Crippen LogP contribution in [0.2, 0.25) is 0 Å². The number of H-pyrrole nitrogens is 1. The quantitative estimate of drug-likeness (QED) is 0.344. The average Bonchev–Trinajstić information content (AvgIpc) is 3.19. The normalized spacial score (nSPS) is 11.5. The van der Waals surface area contributed by atoms with Crippen molar-refractivity contribution in [1.82, 2.24) is 9.97 Å². The van der Waals surface area contributed by atoms with Crippen molar-refractivity contribution in [2.24, 2.45) is 5.73 Å². The zero-order chi connectivity index (χ0) is 22.0. The van der Waals surface area contributed by atoms with Crippen molar-refractivity contribution in [3.63, 3.8) is 0 Å². The Morgan fingerprint density at radius 3 is 2.23 bits per heavy atom. The number of fused-ring (bicyclic) bond motifs is 1. The molecule has 0 atom stereocenters. The van der Waals surface area contributed by atoms with Crippen LogP contribution in [0.15, 0.2) is 73.1 Å². The molecule has 0 aliphatic rings. The molecule has 4 rings (SSSR count). The lowest BCUT2D eigenvalue weighted by Gasteiger charge is -2.07. The summed E-state index contributed by atoms with van der Waals surface area (Å²) in [5, 5.41) is 0.889. The Morgan fingerprint density at radius 1 is 0.968 bits per heavy atom. The number of nitrogens with one attached hydrogen (secondary N) is 1. The van der Waals surface area contributed by atoms with E-state index in [-0.39, 0.29) is 5.78 Å². The Balaban J connectivity index is 1.60. The Bertz CT molecular complexity index is 1280. The molecule has 0 aliphatic carbocycles. The first kappa shape index (κ1) is 20.3. The Kier molecular flexibility index (Phi) is 5.50. The largest absolute Gasteiger partial charge is 0.366 e. The number of pyridine rings is 1. The van der Waals surface area contributed by atoms with Crippen LogP contribution in [0.5, 0.6) is 0 Å². The topological polar surface area (TPSA) is 88.8 Å². The average molecular weight is 409 g/mol. The van der Waals surface area contributed by atoms with Crippen molar-refractivity contribution in [2.45, 2.75) is 19.8 Å². The third-order valence-corrected chi connectivity index (χ3v) is 5.31. The number of rotatable bonds is 6. The molecular formula is C26H23N3O2. The molecular weight excluding hydrogens is 386 g/mol. The lowest BCUT2D eigenvalue weighted by molar-refractivity contribution is -0.113. The summed E-state index contributed by atoms with van der Waals surface area (Å²) < 4.78 is 0. The smallest absolute Gasteiger partial charge is 0.241 e. The van der Waals surface area contributed by atoms with Gasteiger partial charge in [0.1, 0.15) is 5.65 Å². The molecule has 31 heavy (non-hydrogen) atoms. The summed E-state index contributed by atoms with van der Waals surface area (Å²) in [6, 6.07) is 17.3. The number of aromatic nitrogens is 2. The van der Waals surface area contributed by atoms with E-state index in [2.05, 4.69) is 23.8 Å². The van der Waals surface area contributed by atoms with Crippen LogP contribution in [0, 0.1) is 0 Å². The van der Waals surface area contributed by atoms with Gasteiger partial charge in [-0.05, 0) is 29.2 Å². The summed E-state index contributed by atoms with van der Waals surface area (Å²) in [6.07, 6.45) is 6.55. The molecule has 154 valence electrons. The molecule has 0 radical (unpaired) electrons. The van der Waals surface area contributed by atoms with Crippen LogP contribution in [0.25, 0.3) is 28.2 Å². The molecule has 2 aromatic heterocycles.